The Morgan fingerprint density at radius 1 is 1.04 bits per heavy atom. The number of aromatic nitrogens is 2. The van der Waals surface area contributed by atoms with Crippen LogP contribution in [0.5, 0.6) is 0 Å². The fraction of sp³-hybridized carbons (Fsp3) is 0.0625. The fourth-order valence-corrected chi connectivity index (χ4v) is 3.88. The molecule has 1 N–H and O–H groups in total. The van der Waals surface area contributed by atoms with E-state index in [9.17, 15) is 8.42 Å². The standard InChI is InChI=1S/C16H14ClN3O2S/c1-20-16(12-7-3-2-4-8-12)14(11-18-20)19-23(21,22)15-10-6-5-9-13(15)17/h2-11,19H,1H3. The highest BCUT2D eigenvalue weighted by Gasteiger charge is 2.21. The van der Waals surface area contributed by atoms with E-state index in [2.05, 4.69) is 9.82 Å². The topological polar surface area (TPSA) is 64.0 Å². The van der Waals surface area contributed by atoms with Gasteiger partial charge in [0.15, 0.2) is 0 Å². The number of halogens is 1. The van der Waals surface area contributed by atoms with Gasteiger partial charge >= 0.3 is 0 Å². The van der Waals surface area contributed by atoms with Gasteiger partial charge in [0, 0.05) is 12.6 Å². The Bertz CT molecular complexity index is 937. The largest absolute Gasteiger partial charge is 0.276 e. The van der Waals surface area contributed by atoms with Gasteiger partial charge in [-0.1, -0.05) is 54.1 Å². The van der Waals surface area contributed by atoms with E-state index in [0.29, 0.717) is 11.4 Å². The lowest BCUT2D eigenvalue weighted by Gasteiger charge is -2.10. The van der Waals surface area contributed by atoms with Crippen molar-refractivity contribution in [2.24, 2.45) is 7.05 Å². The van der Waals surface area contributed by atoms with Crippen LogP contribution in [-0.4, -0.2) is 18.2 Å². The molecule has 0 saturated carbocycles. The average molecular weight is 348 g/mol. The van der Waals surface area contributed by atoms with E-state index in [-0.39, 0.29) is 9.92 Å². The first-order chi connectivity index (χ1) is 11.0. The van der Waals surface area contributed by atoms with Crippen LogP contribution >= 0.6 is 11.6 Å². The quantitative estimate of drug-likeness (QED) is 0.785. The number of aryl methyl sites for hydroxylation is 1. The molecule has 3 rings (SSSR count). The third kappa shape index (κ3) is 3.09. The van der Waals surface area contributed by atoms with Gasteiger partial charge in [0.1, 0.15) is 4.90 Å². The lowest BCUT2D eigenvalue weighted by Crippen LogP contribution is -2.13. The molecule has 3 aromatic rings. The number of hydrogen-bond donors (Lipinski definition) is 1. The van der Waals surface area contributed by atoms with Gasteiger partial charge in [0.25, 0.3) is 10.0 Å². The Hall–Kier alpha value is -2.31. The van der Waals surface area contributed by atoms with Crippen molar-refractivity contribution in [3.8, 4) is 11.3 Å². The van der Waals surface area contributed by atoms with Gasteiger partial charge < -0.3 is 0 Å². The zero-order valence-electron chi connectivity index (χ0n) is 12.3. The molecular weight excluding hydrogens is 334 g/mol. The van der Waals surface area contributed by atoms with Crippen molar-refractivity contribution >= 4 is 27.3 Å². The van der Waals surface area contributed by atoms with Crippen LogP contribution in [0, 0.1) is 0 Å². The number of rotatable bonds is 4. The molecule has 0 spiro atoms. The number of benzene rings is 2. The SMILES string of the molecule is Cn1ncc(NS(=O)(=O)c2ccccc2Cl)c1-c1ccccc1. The summed E-state index contributed by atoms with van der Waals surface area (Å²) >= 11 is 6.00. The molecule has 2 aromatic carbocycles. The fourth-order valence-electron chi connectivity index (χ4n) is 2.31. The number of nitrogens with zero attached hydrogens (tertiary/aromatic N) is 2. The van der Waals surface area contributed by atoms with E-state index in [1.54, 1.807) is 23.9 Å². The number of sulfonamides is 1. The predicted octanol–water partition coefficient (Wildman–Crippen LogP) is 3.54. The summed E-state index contributed by atoms with van der Waals surface area (Å²) in [5.74, 6) is 0. The summed E-state index contributed by atoms with van der Waals surface area (Å²) < 4.78 is 29.4. The first-order valence-electron chi connectivity index (χ1n) is 6.84. The maximum atomic E-state index is 12.6. The zero-order chi connectivity index (χ0) is 16.4. The minimum Gasteiger partial charge on any atom is -0.276 e. The van der Waals surface area contributed by atoms with Crippen LogP contribution in [0.1, 0.15) is 0 Å². The summed E-state index contributed by atoms with van der Waals surface area (Å²) in [7, 11) is -2.04. The molecule has 23 heavy (non-hydrogen) atoms. The molecule has 0 atom stereocenters. The molecule has 118 valence electrons. The molecule has 0 radical (unpaired) electrons. The molecule has 7 heteroatoms. The molecule has 0 aliphatic carbocycles. The van der Waals surface area contributed by atoms with Crippen LogP contribution in [0.2, 0.25) is 5.02 Å². The smallest absolute Gasteiger partial charge is 0.263 e. The first-order valence-corrected chi connectivity index (χ1v) is 8.70. The van der Waals surface area contributed by atoms with Crippen molar-refractivity contribution in [1.29, 1.82) is 0 Å². The molecule has 0 unspecified atom stereocenters. The van der Waals surface area contributed by atoms with Crippen molar-refractivity contribution in [1.82, 2.24) is 9.78 Å². The molecule has 0 aliphatic heterocycles. The zero-order valence-corrected chi connectivity index (χ0v) is 13.8. The summed E-state index contributed by atoms with van der Waals surface area (Å²) in [6.07, 6.45) is 1.48. The highest BCUT2D eigenvalue weighted by atomic mass is 35.5. The monoisotopic (exact) mass is 347 g/mol. The van der Waals surface area contributed by atoms with Gasteiger partial charge in [-0.25, -0.2) is 8.42 Å². The second-order valence-corrected chi connectivity index (χ2v) is 6.99. The van der Waals surface area contributed by atoms with Crippen LogP contribution in [0.3, 0.4) is 0 Å². The van der Waals surface area contributed by atoms with E-state index < -0.39 is 10.0 Å². The molecule has 1 aromatic heterocycles. The van der Waals surface area contributed by atoms with Crippen LogP contribution in [0.4, 0.5) is 5.69 Å². The molecule has 0 fully saturated rings. The predicted molar refractivity (Wildman–Crippen MR) is 90.9 cm³/mol. The van der Waals surface area contributed by atoms with Crippen molar-refractivity contribution in [3.05, 3.63) is 65.8 Å². The molecule has 5 nitrogen and oxygen atoms in total. The highest BCUT2D eigenvalue weighted by Crippen LogP contribution is 2.30. The molecule has 0 amide bonds. The Morgan fingerprint density at radius 2 is 1.70 bits per heavy atom. The number of anilines is 1. The van der Waals surface area contributed by atoms with Gasteiger partial charge in [0.2, 0.25) is 0 Å². The summed E-state index contributed by atoms with van der Waals surface area (Å²) in [4.78, 5) is 0.0320. The maximum absolute atomic E-state index is 12.6. The van der Waals surface area contributed by atoms with E-state index in [4.69, 9.17) is 11.6 Å². The second kappa shape index (κ2) is 6.06. The lowest BCUT2D eigenvalue weighted by atomic mass is 10.1. The lowest BCUT2D eigenvalue weighted by molar-refractivity contribution is 0.601. The van der Waals surface area contributed by atoms with E-state index in [1.807, 2.05) is 30.3 Å². The van der Waals surface area contributed by atoms with E-state index in [1.165, 1.54) is 18.3 Å². The average Bonchev–Trinajstić information content (AvgIpc) is 2.88. The number of nitrogens with one attached hydrogen (secondary N) is 1. The van der Waals surface area contributed by atoms with Gasteiger partial charge in [0.05, 0.1) is 22.6 Å². The first kappa shape index (κ1) is 15.6. The minimum absolute atomic E-state index is 0.0320. The Morgan fingerprint density at radius 3 is 2.39 bits per heavy atom. The molecule has 0 saturated heterocycles. The minimum atomic E-state index is -3.80. The Balaban J connectivity index is 2.04. The second-order valence-electron chi connectivity index (χ2n) is 4.93. The van der Waals surface area contributed by atoms with Crippen LogP contribution in [0.25, 0.3) is 11.3 Å². The number of hydrogen-bond acceptors (Lipinski definition) is 3. The summed E-state index contributed by atoms with van der Waals surface area (Å²) in [5.41, 5.74) is 1.95. The summed E-state index contributed by atoms with van der Waals surface area (Å²) in [6, 6.07) is 15.8. The van der Waals surface area contributed by atoms with Crippen LogP contribution < -0.4 is 4.72 Å². The molecule has 0 bridgehead atoms. The van der Waals surface area contributed by atoms with Crippen molar-refractivity contribution in [3.63, 3.8) is 0 Å². The van der Waals surface area contributed by atoms with E-state index in [0.717, 1.165) is 5.56 Å². The van der Waals surface area contributed by atoms with Gasteiger partial charge in [-0.05, 0) is 12.1 Å². The molecule has 1 heterocycles. The van der Waals surface area contributed by atoms with Crippen LogP contribution in [0.15, 0.2) is 65.7 Å². The Labute approximate surface area is 139 Å². The third-order valence-corrected chi connectivity index (χ3v) is 5.22. The summed E-state index contributed by atoms with van der Waals surface area (Å²) in [6.45, 7) is 0. The van der Waals surface area contributed by atoms with Crippen molar-refractivity contribution in [2.75, 3.05) is 4.72 Å². The van der Waals surface area contributed by atoms with Gasteiger partial charge in [-0.15, -0.1) is 0 Å². The normalized spacial score (nSPS) is 11.4. The molecule has 0 aliphatic rings. The van der Waals surface area contributed by atoms with Crippen molar-refractivity contribution < 1.29 is 8.42 Å². The van der Waals surface area contributed by atoms with Gasteiger partial charge in [-0.3, -0.25) is 9.40 Å². The van der Waals surface area contributed by atoms with Crippen molar-refractivity contribution in [2.45, 2.75) is 4.90 Å². The van der Waals surface area contributed by atoms with E-state index >= 15 is 0 Å². The molecular formula is C16H14ClN3O2S. The Kier molecular flexibility index (Phi) is 4.11. The van der Waals surface area contributed by atoms with Crippen LogP contribution in [-0.2, 0) is 17.1 Å². The third-order valence-electron chi connectivity index (χ3n) is 3.36. The van der Waals surface area contributed by atoms with Gasteiger partial charge in [-0.2, -0.15) is 5.10 Å². The summed E-state index contributed by atoms with van der Waals surface area (Å²) in [5, 5.41) is 4.32. The maximum Gasteiger partial charge on any atom is 0.263 e. The highest BCUT2D eigenvalue weighted by molar-refractivity contribution is 7.92.